The van der Waals surface area contributed by atoms with E-state index >= 15 is 0 Å². The minimum atomic E-state index is 0.649. The normalized spacial score (nSPS) is 25.5. The molecule has 3 aliphatic heterocycles. The summed E-state index contributed by atoms with van der Waals surface area (Å²) in [6.07, 6.45) is 5.35. The maximum atomic E-state index is 5.49. The van der Waals surface area contributed by atoms with Crippen LogP contribution < -0.4 is 9.80 Å². The van der Waals surface area contributed by atoms with E-state index in [2.05, 4.69) is 39.9 Å². The molecule has 3 aliphatic rings. The Morgan fingerprint density at radius 2 is 2.03 bits per heavy atom. The van der Waals surface area contributed by atoms with Crippen LogP contribution in [0.25, 0.3) is 10.9 Å². The zero-order chi connectivity index (χ0) is 19.6. The van der Waals surface area contributed by atoms with Crippen LogP contribution in [-0.2, 0) is 4.74 Å². The molecular formula is C22H29N5OS. The van der Waals surface area contributed by atoms with Crippen molar-refractivity contribution < 1.29 is 4.74 Å². The lowest BCUT2D eigenvalue weighted by Gasteiger charge is -2.34. The summed E-state index contributed by atoms with van der Waals surface area (Å²) >= 11 is 1.97. The van der Waals surface area contributed by atoms with Crippen LogP contribution in [0.4, 0.5) is 11.5 Å². The zero-order valence-corrected chi connectivity index (χ0v) is 17.9. The first-order chi connectivity index (χ1) is 14.3. The van der Waals surface area contributed by atoms with Crippen molar-refractivity contribution in [1.29, 1.82) is 0 Å². The number of aromatic nitrogens is 2. The summed E-state index contributed by atoms with van der Waals surface area (Å²) in [6.45, 7) is 8.87. The van der Waals surface area contributed by atoms with E-state index in [9.17, 15) is 0 Å². The molecule has 0 radical (unpaired) electrons. The van der Waals surface area contributed by atoms with Gasteiger partial charge in [0, 0.05) is 42.5 Å². The third-order valence-electron chi connectivity index (χ3n) is 6.12. The van der Waals surface area contributed by atoms with Gasteiger partial charge in [-0.3, -0.25) is 4.99 Å². The van der Waals surface area contributed by atoms with E-state index in [1.807, 2.05) is 11.8 Å². The van der Waals surface area contributed by atoms with Crippen LogP contribution in [0, 0.1) is 5.92 Å². The molecule has 1 aromatic carbocycles. The van der Waals surface area contributed by atoms with E-state index < -0.39 is 0 Å². The molecule has 29 heavy (non-hydrogen) atoms. The van der Waals surface area contributed by atoms with Gasteiger partial charge in [0.1, 0.15) is 12.1 Å². The number of hydrogen-bond donors (Lipinski definition) is 0. The predicted molar refractivity (Wildman–Crippen MR) is 121 cm³/mol. The van der Waals surface area contributed by atoms with E-state index in [-0.39, 0.29) is 0 Å². The van der Waals surface area contributed by atoms with Crippen LogP contribution in [0.15, 0.2) is 29.5 Å². The number of piperidine rings is 1. The van der Waals surface area contributed by atoms with Gasteiger partial charge in [-0.1, -0.05) is 6.92 Å². The van der Waals surface area contributed by atoms with E-state index in [0.717, 1.165) is 69.1 Å². The Hall–Kier alpha value is -1.86. The number of fused-ring (bicyclic) bond motifs is 1. The number of benzene rings is 1. The van der Waals surface area contributed by atoms with Gasteiger partial charge in [0.25, 0.3) is 0 Å². The number of morpholine rings is 1. The smallest absolute Gasteiger partial charge is 0.139 e. The van der Waals surface area contributed by atoms with Crippen molar-refractivity contribution in [3.05, 3.63) is 24.5 Å². The Bertz CT molecular complexity index is 898. The van der Waals surface area contributed by atoms with Crippen molar-refractivity contribution >= 4 is 39.2 Å². The molecule has 0 N–H and O–H groups in total. The molecule has 0 amide bonds. The summed E-state index contributed by atoms with van der Waals surface area (Å²) in [4.78, 5) is 18.9. The molecule has 1 aromatic heterocycles. The van der Waals surface area contributed by atoms with E-state index in [1.165, 1.54) is 23.6 Å². The Morgan fingerprint density at radius 3 is 2.86 bits per heavy atom. The van der Waals surface area contributed by atoms with Gasteiger partial charge in [0.05, 0.1) is 30.3 Å². The molecule has 2 unspecified atom stereocenters. The van der Waals surface area contributed by atoms with Crippen LogP contribution in [0.3, 0.4) is 0 Å². The number of anilines is 2. The topological polar surface area (TPSA) is 53.9 Å². The largest absolute Gasteiger partial charge is 0.378 e. The van der Waals surface area contributed by atoms with E-state index in [0.29, 0.717) is 11.2 Å². The molecule has 154 valence electrons. The number of thioether (sulfide) groups is 1. The first-order valence-electron chi connectivity index (χ1n) is 10.8. The van der Waals surface area contributed by atoms with Gasteiger partial charge in [0.15, 0.2) is 0 Å². The maximum absolute atomic E-state index is 5.49. The van der Waals surface area contributed by atoms with Crippen LogP contribution in [0.5, 0.6) is 0 Å². The summed E-state index contributed by atoms with van der Waals surface area (Å²) in [6, 6.07) is 6.63. The number of rotatable bonds is 4. The quantitative estimate of drug-likeness (QED) is 0.766. The molecule has 7 heteroatoms. The lowest BCUT2D eigenvalue weighted by atomic mass is 9.95. The Morgan fingerprint density at radius 1 is 1.14 bits per heavy atom. The van der Waals surface area contributed by atoms with Gasteiger partial charge in [-0.25, -0.2) is 9.97 Å². The van der Waals surface area contributed by atoms with Crippen molar-refractivity contribution in [1.82, 2.24) is 9.97 Å². The number of hydrogen-bond acceptors (Lipinski definition) is 7. The fourth-order valence-electron chi connectivity index (χ4n) is 4.62. The summed E-state index contributed by atoms with van der Waals surface area (Å²) in [5, 5.41) is 3.16. The van der Waals surface area contributed by atoms with Gasteiger partial charge in [-0.15, -0.1) is 11.8 Å². The Kier molecular flexibility index (Phi) is 5.59. The first-order valence-corrected chi connectivity index (χ1v) is 11.7. The molecule has 0 bridgehead atoms. The van der Waals surface area contributed by atoms with Gasteiger partial charge in [-0.2, -0.15) is 0 Å². The summed E-state index contributed by atoms with van der Waals surface area (Å²) in [7, 11) is 0. The lowest BCUT2D eigenvalue weighted by molar-refractivity contribution is 0.122. The second-order valence-electron chi connectivity index (χ2n) is 8.32. The van der Waals surface area contributed by atoms with Crippen molar-refractivity contribution in [3.63, 3.8) is 0 Å². The van der Waals surface area contributed by atoms with Crippen LogP contribution in [-0.4, -0.2) is 66.2 Å². The van der Waals surface area contributed by atoms with Gasteiger partial charge in [-0.05, 0) is 43.4 Å². The third-order valence-corrected chi connectivity index (χ3v) is 7.24. The molecule has 0 saturated carbocycles. The zero-order valence-electron chi connectivity index (χ0n) is 17.1. The fourth-order valence-corrected chi connectivity index (χ4v) is 5.72. The second-order valence-corrected chi connectivity index (χ2v) is 9.83. The maximum Gasteiger partial charge on any atom is 0.139 e. The molecule has 6 nitrogen and oxygen atoms in total. The average molecular weight is 412 g/mol. The molecule has 5 rings (SSSR count). The predicted octanol–water partition coefficient (Wildman–Crippen LogP) is 3.61. The minimum absolute atomic E-state index is 0.649. The van der Waals surface area contributed by atoms with Crippen molar-refractivity contribution in [3.8, 4) is 0 Å². The molecule has 4 heterocycles. The van der Waals surface area contributed by atoms with Crippen molar-refractivity contribution in [2.24, 2.45) is 10.9 Å². The van der Waals surface area contributed by atoms with Crippen molar-refractivity contribution in [2.75, 3.05) is 55.7 Å². The molecule has 2 atom stereocenters. The summed E-state index contributed by atoms with van der Waals surface area (Å²) in [5.74, 6) is 1.75. The second kappa shape index (κ2) is 8.48. The van der Waals surface area contributed by atoms with Gasteiger partial charge >= 0.3 is 0 Å². The highest BCUT2D eigenvalue weighted by Crippen LogP contribution is 2.33. The SMILES string of the molecule is CC1CN=C(CC2CCCN(c3ncnc4cc(N5CCOCC5)ccc34)C2)S1. The Labute approximate surface area is 176 Å². The Balaban J connectivity index is 1.35. The lowest BCUT2D eigenvalue weighted by Crippen LogP contribution is -2.37. The molecular weight excluding hydrogens is 382 g/mol. The number of nitrogens with zero attached hydrogens (tertiary/aromatic N) is 5. The average Bonchev–Trinajstić information content (AvgIpc) is 3.18. The molecule has 0 spiro atoms. The molecule has 2 fully saturated rings. The van der Waals surface area contributed by atoms with Gasteiger partial charge in [0.2, 0.25) is 0 Å². The van der Waals surface area contributed by atoms with Crippen LogP contribution >= 0.6 is 11.8 Å². The fraction of sp³-hybridized carbons (Fsp3) is 0.591. The van der Waals surface area contributed by atoms with E-state index in [1.54, 1.807) is 6.33 Å². The van der Waals surface area contributed by atoms with Crippen molar-refractivity contribution in [2.45, 2.75) is 31.4 Å². The van der Waals surface area contributed by atoms with Crippen LogP contribution in [0.2, 0.25) is 0 Å². The van der Waals surface area contributed by atoms with E-state index in [4.69, 9.17) is 14.7 Å². The number of aliphatic imine (C=N–C) groups is 1. The van der Waals surface area contributed by atoms with Gasteiger partial charge < -0.3 is 14.5 Å². The standard InChI is InChI=1S/C22H29N5OS/c1-16-13-23-21(29-16)11-17-3-2-6-27(14-17)22-19-5-4-18(12-20(19)24-15-25-22)26-7-9-28-10-8-26/h4-5,12,15-17H,2-3,6-11,13-14H2,1H3. The highest BCUT2D eigenvalue weighted by atomic mass is 32.2. The minimum Gasteiger partial charge on any atom is -0.378 e. The third kappa shape index (κ3) is 4.21. The van der Waals surface area contributed by atoms with Crippen LogP contribution in [0.1, 0.15) is 26.2 Å². The first kappa shape index (κ1) is 19.1. The number of ether oxygens (including phenoxy) is 1. The highest BCUT2D eigenvalue weighted by molar-refractivity contribution is 8.14. The monoisotopic (exact) mass is 411 g/mol. The summed E-state index contributed by atoms with van der Waals surface area (Å²) in [5.41, 5.74) is 2.26. The molecule has 2 aromatic rings. The molecule has 0 aliphatic carbocycles. The molecule has 2 saturated heterocycles. The highest BCUT2D eigenvalue weighted by Gasteiger charge is 2.26. The summed E-state index contributed by atoms with van der Waals surface area (Å²) < 4.78 is 5.49.